The highest BCUT2D eigenvalue weighted by atomic mass is 32.1. The largest absolute Gasteiger partial charge is 0.465 e. The second-order valence-electron chi connectivity index (χ2n) is 4.31. The molecular formula is C12H12N2O5S. The molecule has 0 spiro atoms. The third-order valence-electron chi connectivity index (χ3n) is 2.99. The molecule has 106 valence electrons. The van der Waals surface area contributed by atoms with E-state index in [0.29, 0.717) is 6.54 Å². The molecule has 1 heterocycles. The van der Waals surface area contributed by atoms with E-state index in [1.54, 1.807) is 0 Å². The quantitative estimate of drug-likeness (QED) is 0.394. The van der Waals surface area contributed by atoms with Gasteiger partial charge in [0.2, 0.25) is 5.91 Å². The van der Waals surface area contributed by atoms with Crippen molar-refractivity contribution in [3.63, 3.8) is 0 Å². The molecule has 1 unspecified atom stereocenters. The summed E-state index contributed by atoms with van der Waals surface area (Å²) >= 11 is 4.22. The highest BCUT2D eigenvalue weighted by Gasteiger charge is 2.32. The van der Waals surface area contributed by atoms with E-state index in [2.05, 4.69) is 17.4 Å². The van der Waals surface area contributed by atoms with E-state index >= 15 is 0 Å². The van der Waals surface area contributed by atoms with Crippen LogP contribution in [-0.4, -0.2) is 35.7 Å². The monoisotopic (exact) mass is 296 g/mol. The zero-order valence-corrected chi connectivity index (χ0v) is 11.5. The highest BCUT2D eigenvalue weighted by molar-refractivity contribution is 7.81. The summed E-state index contributed by atoms with van der Waals surface area (Å²) in [5.74, 6) is -0.874. The van der Waals surface area contributed by atoms with E-state index in [0.717, 1.165) is 0 Å². The van der Waals surface area contributed by atoms with E-state index in [-0.39, 0.29) is 34.5 Å². The Morgan fingerprint density at radius 3 is 2.75 bits per heavy atom. The van der Waals surface area contributed by atoms with Crippen molar-refractivity contribution in [3.05, 3.63) is 33.9 Å². The molecule has 20 heavy (non-hydrogen) atoms. The first-order valence-corrected chi connectivity index (χ1v) is 6.31. The molecule has 7 nitrogen and oxygen atoms in total. The molecule has 8 heteroatoms. The molecule has 0 aromatic heterocycles. The predicted molar refractivity (Wildman–Crippen MR) is 74.2 cm³/mol. The lowest BCUT2D eigenvalue weighted by Crippen LogP contribution is -2.27. The lowest BCUT2D eigenvalue weighted by molar-refractivity contribution is -0.384. The van der Waals surface area contributed by atoms with Gasteiger partial charge in [-0.1, -0.05) is 0 Å². The summed E-state index contributed by atoms with van der Waals surface area (Å²) in [6.07, 6.45) is 0.229. The first-order valence-electron chi connectivity index (χ1n) is 5.79. The second kappa shape index (κ2) is 5.49. The molecule has 1 aliphatic heterocycles. The number of esters is 1. The number of nitro groups is 1. The van der Waals surface area contributed by atoms with E-state index in [1.165, 1.54) is 30.2 Å². The number of amides is 1. The van der Waals surface area contributed by atoms with Crippen molar-refractivity contribution < 1.29 is 19.2 Å². The molecule has 0 radical (unpaired) electrons. The van der Waals surface area contributed by atoms with Crippen molar-refractivity contribution >= 4 is 35.9 Å². The summed E-state index contributed by atoms with van der Waals surface area (Å²) in [6, 6.07) is 3.70. The van der Waals surface area contributed by atoms with E-state index in [1.807, 2.05) is 0 Å². The maximum absolute atomic E-state index is 11.9. The fraction of sp³-hybridized carbons (Fsp3) is 0.333. The van der Waals surface area contributed by atoms with Crippen molar-refractivity contribution in [2.24, 2.45) is 0 Å². The number of nitrogens with zero attached hydrogens (tertiary/aromatic N) is 2. The molecule has 0 bridgehead atoms. The van der Waals surface area contributed by atoms with Crippen LogP contribution in [0.4, 0.5) is 11.4 Å². The Kier molecular flexibility index (Phi) is 3.93. The average molecular weight is 296 g/mol. The Morgan fingerprint density at radius 1 is 1.55 bits per heavy atom. The Balaban J connectivity index is 2.52. The molecule has 0 aliphatic carbocycles. The van der Waals surface area contributed by atoms with Gasteiger partial charge in [-0.25, -0.2) is 4.79 Å². The van der Waals surface area contributed by atoms with Gasteiger partial charge >= 0.3 is 5.97 Å². The highest BCUT2D eigenvalue weighted by Crippen LogP contribution is 2.31. The molecule has 1 fully saturated rings. The molecule has 2 rings (SSSR count). The second-order valence-corrected chi connectivity index (χ2v) is 5.04. The van der Waals surface area contributed by atoms with Gasteiger partial charge in [0.05, 0.1) is 23.3 Å². The van der Waals surface area contributed by atoms with Gasteiger partial charge in [-0.2, -0.15) is 12.6 Å². The number of hydrogen-bond donors (Lipinski definition) is 1. The number of methoxy groups -OCH3 is 1. The minimum Gasteiger partial charge on any atom is -0.465 e. The zero-order chi connectivity index (χ0) is 14.9. The molecule has 1 saturated heterocycles. The van der Waals surface area contributed by atoms with Crippen molar-refractivity contribution in [3.8, 4) is 0 Å². The van der Waals surface area contributed by atoms with Crippen molar-refractivity contribution in [2.45, 2.75) is 11.7 Å². The number of hydrogen-bond acceptors (Lipinski definition) is 6. The first kappa shape index (κ1) is 14.3. The van der Waals surface area contributed by atoms with Crippen LogP contribution in [0.25, 0.3) is 0 Å². The van der Waals surface area contributed by atoms with Gasteiger partial charge in [0.1, 0.15) is 0 Å². The first-order chi connectivity index (χ1) is 9.43. The van der Waals surface area contributed by atoms with Gasteiger partial charge in [-0.15, -0.1) is 0 Å². The minimum atomic E-state index is -0.648. The third-order valence-corrected chi connectivity index (χ3v) is 3.34. The molecule has 0 N–H and O–H groups in total. The predicted octanol–water partition coefficient (Wildman–Crippen LogP) is 1.42. The van der Waals surface area contributed by atoms with Crippen LogP contribution >= 0.6 is 12.6 Å². The van der Waals surface area contributed by atoms with Gasteiger partial charge in [-0.05, 0) is 6.07 Å². The standard InChI is InChI=1S/C12H12N2O5S/c1-19-12(16)9-3-2-7(14(17)18)4-10(9)13-6-8(20)5-11(13)15/h2-4,8,20H,5-6H2,1H3. The SMILES string of the molecule is COC(=O)c1ccc([N+](=O)[O-])cc1N1CC(S)CC1=O. The summed E-state index contributed by atoms with van der Waals surface area (Å²) in [6.45, 7) is 0.299. The van der Waals surface area contributed by atoms with E-state index < -0.39 is 10.9 Å². The number of ether oxygens (including phenoxy) is 1. The smallest absolute Gasteiger partial charge is 0.339 e. The van der Waals surface area contributed by atoms with Gasteiger partial charge < -0.3 is 9.64 Å². The maximum Gasteiger partial charge on any atom is 0.339 e. The molecule has 1 aliphatic rings. The van der Waals surface area contributed by atoms with Crippen LogP contribution in [0, 0.1) is 10.1 Å². The zero-order valence-electron chi connectivity index (χ0n) is 10.6. The van der Waals surface area contributed by atoms with Gasteiger partial charge in [-0.3, -0.25) is 14.9 Å². The van der Waals surface area contributed by atoms with Crippen LogP contribution in [0.2, 0.25) is 0 Å². The lowest BCUT2D eigenvalue weighted by atomic mass is 10.1. The normalized spacial score (nSPS) is 18.2. The number of rotatable bonds is 3. The molecule has 0 saturated carbocycles. The number of carbonyl (C=O) groups is 2. The number of non-ortho nitro benzene ring substituents is 1. The van der Waals surface area contributed by atoms with Crippen LogP contribution in [0.5, 0.6) is 0 Å². The summed E-state index contributed by atoms with van der Waals surface area (Å²) in [7, 11) is 1.21. The number of anilines is 1. The van der Waals surface area contributed by atoms with Crippen LogP contribution in [0.3, 0.4) is 0 Å². The molecule has 1 atom stereocenters. The topological polar surface area (TPSA) is 89.8 Å². The fourth-order valence-corrected chi connectivity index (χ4v) is 2.38. The van der Waals surface area contributed by atoms with Gasteiger partial charge in [0.25, 0.3) is 5.69 Å². The Bertz CT molecular complexity index is 589. The number of nitro benzene ring substituents is 1. The minimum absolute atomic E-state index is 0.119. The molecular weight excluding hydrogens is 284 g/mol. The average Bonchev–Trinajstić information content (AvgIpc) is 2.76. The summed E-state index contributed by atoms with van der Waals surface area (Å²) in [5, 5.41) is 10.7. The van der Waals surface area contributed by atoms with E-state index in [9.17, 15) is 19.7 Å². The summed E-state index contributed by atoms with van der Waals surface area (Å²) in [4.78, 5) is 35.2. The summed E-state index contributed by atoms with van der Waals surface area (Å²) in [5.41, 5.74) is 0.115. The van der Waals surface area contributed by atoms with Gasteiger partial charge in [0, 0.05) is 30.3 Å². The number of carbonyl (C=O) groups excluding carboxylic acids is 2. The third kappa shape index (κ3) is 2.60. The van der Waals surface area contributed by atoms with Gasteiger partial charge in [0.15, 0.2) is 0 Å². The lowest BCUT2D eigenvalue weighted by Gasteiger charge is -2.18. The summed E-state index contributed by atoms with van der Waals surface area (Å²) < 4.78 is 4.63. The van der Waals surface area contributed by atoms with Crippen molar-refractivity contribution in [2.75, 3.05) is 18.6 Å². The Hall–Kier alpha value is -2.09. The Morgan fingerprint density at radius 2 is 2.25 bits per heavy atom. The number of benzene rings is 1. The maximum atomic E-state index is 11.9. The van der Waals surface area contributed by atoms with Crippen LogP contribution in [-0.2, 0) is 9.53 Å². The van der Waals surface area contributed by atoms with E-state index in [4.69, 9.17) is 0 Å². The van der Waals surface area contributed by atoms with Crippen molar-refractivity contribution in [1.82, 2.24) is 0 Å². The van der Waals surface area contributed by atoms with Crippen LogP contribution < -0.4 is 4.90 Å². The van der Waals surface area contributed by atoms with Crippen LogP contribution in [0.1, 0.15) is 16.8 Å². The fourth-order valence-electron chi connectivity index (χ4n) is 2.06. The molecule has 1 amide bonds. The molecule has 1 aromatic rings. The molecule has 1 aromatic carbocycles. The van der Waals surface area contributed by atoms with Crippen LogP contribution in [0.15, 0.2) is 18.2 Å². The van der Waals surface area contributed by atoms with Crippen molar-refractivity contribution in [1.29, 1.82) is 0 Å². The Labute approximate surface area is 120 Å². The number of thiol groups is 1.